The molecule has 1 fully saturated rings. The van der Waals surface area contributed by atoms with Crippen molar-refractivity contribution in [3.8, 4) is 0 Å². The lowest BCUT2D eigenvalue weighted by Gasteiger charge is -2.32. The van der Waals surface area contributed by atoms with E-state index in [1.807, 2.05) is 18.2 Å². The molecule has 1 aliphatic heterocycles. The zero-order valence-electron chi connectivity index (χ0n) is 15.6. The van der Waals surface area contributed by atoms with Gasteiger partial charge in [-0.25, -0.2) is 0 Å². The van der Waals surface area contributed by atoms with Crippen molar-refractivity contribution in [3.63, 3.8) is 0 Å². The molecule has 0 aliphatic carbocycles. The standard InChI is InChI=1S/C20H24Cl2N4O/c1-3-13-7-8-16(21)15(4-2)19(13)23-20(27)14-6-5-11-26(12-14)18-10-9-17(22)24-25-18/h7-10,14H,3-6,11-12H2,1-2H3,(H,23,27)/t14-/m0/s1. The molecule has 3 rings (SSSR count). The average Bonchev–Trinajstić information content (AvgIpc) is 2.69. The topological polar surface area (TPSA) is 58.1 Å². The van der Waals surface area contributed by atoms with Gasteiger partial charge in [-0.05, 0) is 55.0 Å². The fraction of sp³-hybridized carbons (Fsp3) is 0.450. The van der Waals surface area contributed by atoms with E-state index in [2.05, 4.69) is 34.3 Å². The minimum Gasteiger partial charge on any atom is -0.354 e. The third-order valence-corrected chi connectivity index (χ3v) is 5.61. The van der Waals surface area contributed by atoms with E-state index in [1.54, 1.807) is 6.07 Å². The van der Waals surface area contributed by atoms with Crippen LogP contribution in [0, 0.1) is 5.92 Å². The van der Waals surface area contributed by atoms with Gasteiger partial charge in [-0.1, -0.05) is 43.1 Å². The van der Waals surface area contributed by atoms with Crippen LogP contribution in [0.25, 0.3) is 0 Å². The lowest BCUT2D eigenvalue weighted by atomic mass is 9.96. The number of hydrogen-bond acceptors (Lipinski definition) is 4. The van der Waals surface area contributed by atoms with Crippen molar-refractivity contribution in [2.24, 2.45) is 5.92 Å². The number of halogens is 2. The van der Waals surface area contributed by atoms with Crippen LogP contribution in [0.1, 0.15) is 37.8 Å². The molecule has 1 saturated heterocycles. The van der Waals surface area contributed by atoms with Crippen LogP contribution < -0.4 is 10.2 Å². The first-order valence-electron chi connectivity index (χ1n) is 9.38. The summed E-state index contributed by atoms with van der Waals surface area (Å²) in [7, 11) is 0. The van der Waals surface area contributed by atoms with Gasteiger partial charge in [-0.3, -0.25) is 4.79 Å². The molecule has 1 aromatic heterocycles. The zero-order valence-corrected chi connectivity index (χ0v) is 17.1. The van der Waals surface area contributed by atoms with Crippen molar-refractivity contribution in [2.45, 2.75) is 39.5 Å². The Morgan fingerprint density at radius 1 is 1.19 bits per heavy atom. The summed E-state index contributed by atoms with van der Waals surface area (Å²) in [6.45, 7) is 5.61. The highest BCUT2D eigenvalue weighted by Gasteiger charge is 2.27. The predicted octanol–water partition coefficient (Wildman–Crippen LogP) is 4.76. The van der Waals surface area contributed by atoms with Gasteiger partial charge < -0.3 is 10.2 Å². The van der Waals surface area contributed by atoms with Crippen molar-refractivity contribution >= 4 is 40.6 Å². The summed E-state index contributed by atoms with van der Waals surface area (Å²) in [5, 5.41) is 12.3. The smallest absolute Gasteiger partial charge is 0.229 e. The Morgan fingerprint density at radius 3 is 2.67 bits per heavy atom. The number of piperidine rings is 1. The number of anilines is 2. The number of carbonyl (C=O) groups is 1. The molecule has 2 aromatic rings. The second-order valence-electron chi connectivity index (χ2n) is 6.76. The molecule has 1 amide bonds. The van der Waals surface area contributed by atoms with Crippen molar-refractivity contribution in [3.05, 3.63) is 45.6 Å². The van der Waals surface area contributed by atoms with Crippen LogP contribution in [0.5, 0.6) is 0 Å². The van der Waals surface area contributed by atoms with Gasteiger partial charge in [0.15, 0.2) is 11.0 Å². The van der Waals surface area contributed by atoms with Gasteiger partial charge in [-0.2, -0.15) is 0 Å². The number of aromatic nitrogens is 2. The molecule has 1 aliphatic rings. The Labute approximate surface area is 170 Å². The summed E-state index contributed by atoms with van der Waals surface area (Å²) in [4.78, 5) is 15.1. The summed E-state index contributed by atoms with van der Waals surface area (Å²) in [5.41, 5.74) is 2.99. The third kappa shape index (κ3) is 4.53. The van der Waals surface area contributed by atoms with E-state index < -0.39 is 0 Å². The predicted molar refractivity (Wildman–Crippen MR) is 111 cm³/mol. The number of rotatable bonds is 5. The van der Waals surface area contributed by atoms with Gasteiger partial charge in [-0.15, -0.1) is 10.2 Å². The third-order valence-electron chi connectivity index (χ3n) is 5.06. The zero-order chi connectivity index (χ0) is 19.4. The van der Waals surface area contributed by atoms with E-state index in [4.69, 9.17) is 23.2 Å². The first kappa shape index (κ1) is 19.9. The number of aryl methyl sites for hydroxylation is 1. The number of benzene rings is 1. The molecule has 1 N–H and O–H groups in total. The molecule has 0 unspecified atom stereocenters. The highest BCUT2D eigenvalue weighted by atomic mass is 35.5. The summed E-state index contributed by atoms with van der Waals surface area (Å²) in [6.07, 6.45) is 3.41. The van der Waals surface area contributed by atoms with Gasteiger partial charge in [0.2, 0.25) is 5.91 Å². The lowest BCUT2D eigenvalue weighted by Crippen LogP contribution is -2.41. The van der Waals surface area contributed by atoms with E-state index in [0.29, 0.717) is 16.7 Å². The van der Waals surface area contributed by atoms with Crippen molar-refractivity contribution in [1.82, 2.24) is 10.2 Å². The Kier molecular flexibility index (Phi) is 6.55. The monoisotopic (exact) mass is 406 g/mol. The fourth-order valence-corrected chi connectivity index (χ4v) is 3.96. The van der Waals surface area contributed by atoms with E-state index in [9.17, 15) is 4.79 Å². The highest BCUT2D eigenvalue weighted by Crippen LogP contribution is 2.31. The quantitative estimate of drug-likeness (QED) is 0.776. The average molecular weight is 407 g/mol. The minimum atomic E-state index is -0.107. The number of carbonyl (C=O) groups excluding carboxylic acids is 1. The first-order chi connectivity index (χ1) is 13.0. The van der Waals surface area contributed by atoms with Crippen molar-refractivity contribution < 1.29 is 4.79 Å². The molecule has 2 heterocycles. The van der Waals surface area contributed by atoms with Crippen LogP contribution in [0.3, 0.4) is 0 Å². The number of nitrogens with zero attached hydrogens (tertiary/aromatic N) is 3. The normalized spacial score (nSPS) is 17.0. The fourth-order valence-electron chi connectivity index (χ4n) is 3.57. The second-order valence-corrected chi connectivity index (χ2v) is 7.55. The molecule has 0 radical (unpaired) electrons. The maximum Gasteiger partial charge on any atom is 0.229 e. The molecule has 1 aromatic carbocycles. The van der Waals surface area contributed by atoms with E-state index in [-0.39, 0.29) is 11.8 Å². The Bertz CT molecular complexity index is 810. The SMILES string of the molecule is CCc1ccc(Cl)c(CC)c1NC(=O)[C@H]1CCCN(c2ccc(Cl)nn2)C1. The molecular formula is C20H24Cl2N4O. The van der Waals surface area contributed by atoms with Crippen molar-refractivity contribution in [2.75, 3.05) is 23.3 Å². The minimum absolute atomic E-state index is 0.0355. The molecule has 144 valence electrons. The van der Waals surface area contributed by atoms with Crippen LogP contribution in [-0.2, 0) is 17.6 Å². The lowest BCUT2D eigenvalue weighted by molar-refractivity contribution is -0.120. The number of hydrogen-bond donors (Lipinski definition) is 1. The van der Waals surface area contributed by atoms with Gasteiger partial charge in [0.05, 0.1) is 5.92 Å². The van der Waals surface area contributed by atoms with Gasteiger partial charge >= 0.3 is 0 Å². The summed E-state index contributed by atoms with van der Waals surface area (Å²) < 4.78 is 0. The molecule has 0 saturated carbocycles. The summed E-state index contributed by atoms with van der Waals surface area (Å²) >= 11 is 12.2. The van der Waals surface area contributed by atoms with Crippen LogP contribution in [0.2, 0.25) is 10.2 Å². The maximum absolute atomic E-state index is 13.0. The molecule has 7 heteroatoms. The number of nitrogens with one attached hydrogen (secondary N) is 1. The largest absolute Gasteiger partial charge is 0.354 e. The van der Waals surface area contributed by atoms with E-state index >= 15 is 0 Å². The number of amides is 1. The van der Waals surface area contributed by atoms with Crippen LogP contribution in [0.4, 0.5) is 11.5 Å². The van der Waals surface area contributed by atoms with Crippen molar-refractivity contribution in [1.29, 1.82) is 0 Å². The summed E-state index contributed by atoms with van der Waals surface area (Å²) in [6, 6.07) is 7.47. The molecule has 0 bridgehead atoms. The Hall–Kier alpha value is -1.85. The van der Waals surface area contributed by atoms with Gasteiger partial charge in [0.25, 0.3) is 0 Å². The Balaban J connectivity index is 1.76. The van der Waals surface area contributed by atoms with Crippen LogP contribution in [0.15, 0.2) is 24.3 Å². The molecule has 0 spiro atoms. The van der Waals surface area contributed by atoms with Crippen LogP contribution in [-0.4, -0.2) is 29.2 Å². The molecule has 27 heavy (non-hydrogen) atoms. The maximum atomic E-state index is 13.0. The second kappa shape index (κ2) is 8.89. The highest BCUT2D eigenvalue weighted by molar-refractivity contribution is 6.32. The van der Waals surface area contributed by atoms with E-state index in [0.717, 1.165) is 54.9 Å². The first-order valence-corrected chi connectivity index (χ1v) is 10.1. The molecule has 5 nitrogen and oxygen atoms in total. The molecule has 1 atom stereocenters. The summed E-state index contributed by atoms with van der Waals surface area (Å²) in [5.74, 6) is 0.682. The van der Waals surface area contributed by atoms with Gasteiger partial charge in [0.1, 0.15) is 0 Å². The Morgan fingerprint density at radius 2 is 2.00 bits per heavy atom. The molecular weight excluding hydrogens is 383 g/mol. The van der Waals surface area contributed by atoms with E-state index in [1.165, 1.54) is 0 Å². The van der Waals surface area contributed by atoms with Gasteiger partial charge in [0, 0.05) is 23.8 Å². The van der Waals surface area contributed by atoms with Crippen LogP contribution >= 0.6 is 23.2 Å².